The van der Waals surface area contributed by atoms with Crippen LogP contribution < -0.4 is 14.5 Å². The highest BCUT2D eigenvalue weighted by atomic mass is 32.1. The average Bonchev–Trinajstić information content (AvgIpc) is 3.01. The first kappa shape index (κ1) is 15.0. The first-order valence-corrected chi connectivity index (χ1v) is 7.56. The van der Waals surface area contributed by atoms with E-state index in [4.69, 9.17) is 0 Å². The average molecular weight is 328 g/mol. The first-order valence-electron chi connectivity index (χ1n) is 6.68. The highest BCUT2D eigenvalue weighted by Crippen LogP contribution is 2.26. The van der Waals surface area contributed by atoms with E-state index < -0.39 is 6.36 Å². The third-order valence-corrected chi connectivity index (χ3v) is 3.94. The van der Waals surface area contributed by atoms with Crippen LogP contribution >= 0.6 is 11.3 Å². The molecule has 117 valence electrons. The second kappa shape index (κ2) is 6.04. The van der Waals surface area contributed by atoms with Gasteiger partial charge in [-0.2, -0.15) is 0 Å². The molecular formula is C14H13F3N3OS. The van der Waals surface area contributed by atoms with Gasteiger partial charge in [0.2, 0.25) is 0 Å². The van der Waals surface area contributed by atoms with Crippen LogP contribution in [0, 0.1) is 5.51 Å². The number of piperazine rings is 1. The number of anilines is 2. The fourth-order valence-corrected chi connectivity index (χ4v) is 2.88. The molecule has 1 radical (unpaired) electrons. The van der Waals surface area contributed by atoms with Crippen molar-refractivity contribution in [2.45, 2.75) is 6.36 Å². The zero-order valence-electron chi connectivity index (χ0n) is 11.5. The molecule has 8 heteroatoms. The quantitative estimate of drug-likeness (QED) is 0.865. The summed E-state index contributed by atoms with van der Waals surface area (Å²) in [5.74, 6) is 0.728. The van der Waals surface area contributed by atoms with Crippen LogP contribution in [-0.2, 0) is 0 Å². The molecular weight excluding hydrogens is 315 g/mol. The van der Waals surface area contributed by atoms with Crippen molar-refractivity contribution < 1.29 is 17.9 Å². The molecule has 1 aliphatic rings. The second-order valence-corrected chi connectivity index (χ2v) is 5.47. The fraction of sp³-hybridized carbons (Fsp3) is 0.357. The van der Waals surface area contributed by atoms with Gasteiger partial charge >= 0.3 is 6.36 Å². The summed E-state index contributed by atoms with van der Waals surface area (Å²) in [6.45, 7) is 3.21. The smallest absolute Gasteiger partial charge is 0.406 e. The predicted octanol–water partition coefficient (Wildman–Crippen LogP) is 3.17. The number of halogens is 3. The lowest BCUT2D eigenvalue weighted by molar-refractivity contribution is -0.274. The molecule has 2 heterocycles. The van der Waals surface area contributed by atoms with E-state index in [1.54, 1.807) is 12.1 Å². The van der Waals surface area contributed by atoms with E-state index in [-0.39, 0.29) is 5.75 Å². The Hall–Kier alpha value is -1.96. The molecule has 1 aromatic carbocycles. The molecule has 1 aliphatic heterocycles. The molecule has 4 nitrogen and oxygen atoms in total. The number of benzene rings is 1. The Bertz CT molecular complexity index is 593. The summed E-state index contributed by atoms with van der Waals surface area (Å²) >= 11 is 1.44. The molecule has 0 saturated carbocycles. The van der Waals surface area contributed by atoms with Gasteiger partial charge in [-0.3, -0.25) is 0 Å². The summed E-state index contributed by atoms with van der Waals surface area (Å²) in [6, 6.07) is 5.97. The van der Waals surface area contributed by atoms with Crippen LogP contribution in [0.1, 0.15) is 0 Å². The molecule has 0 N–H and O–H groups in total. The van der Waals surface area contributed by atoms with E-state index in [2.05, 4.69) is 25.0 Å². The van der Waals surface area contributed by atoms with Crippen LogP contribution in [0.2, 0.25) is 0 Å². The first-order chi connectivity index (χ1) is 10.5. The summed E-state index contributed by atoms with van der Waals surface area (Å²) < 4.78 is 40.3. The number of ether oxygens (including phenoxy) is 1. The maximum absolute atomic E-state index is 12.1. The van der Waals surface area contributed by atoms with Gasteiger partial charge in [-0.05, 0) is 24.3 Å². The normalized spacial score (nSPS) is 16.0. The number of alkyl halides is 3. The van der Waals surface area contributed by atoms with E-state index in [0.29, 0.717) is 0 Å². The van der Waals surface area contributed by atoms with Crippen molar-refractivity contribution in [2.24, 2.45) is 0 Å². The Morgan fingerprint density at radius 3 is 2.23 bits per heavy atom. The van der Waals surface area contributed by atoms with Gasteiger partial charge < -0.3 is 14.5 Å². The summed E-state index contributed by atoms with van der Waals surface area (Å²) in [7, 11) is 0. The van der Waals surface area contributed by atoms with Gasteiger partial charge in [0.1, 0.15) is 11.6 Å². The number of rotatable bonds is 3. The Labute approximate surface area is 129 Å². The van der Waals surface area contributed by atoms with Crippen LogP contribution in [0.4, 0.5) is 24.7 Å². The highest BCUT2D eigenvalue weighted by molar-refractivity contribution is 7.07. The minimum Gasteiger partial charge on any atom is -0.406 e. The van der Waals surface area contributed by atoms with E-state index in [9.17, 15) is 13.2 Å². The Kier molecular flexibility index (Phi) is 4.10. The Morgan fingerprint density at radius 2 is 1.68 bits per heavy atom. The maximum atomic E-state index is 12.1. The van der Waals surface area contributed by atoms with Crippen molar-refractivity contribution >= 4 is 22.8 Å². The molecule has 3 rings (SSSR count). The molecule has 0 atom stereocenters. The molecule has 0 bridgehead atoms. The lowest BCUT2D eigenvalue weighted by Crippen LogP contribution is -2.46. The van der Waals surface area contributed by atoms with E-state index >= 15 is 0 Å². The third kappa shape index (κ3) is 3.62. The summed E-state index contributed by atoms with van der Waals surface area (Å²) in [6.07, 6.45) is -4.66. The standard InChI is InChI=1S/C14H13F3N3OS/c15-14(16,17)21-12-3-1-11(2-4-12)19-5-7-20(8-6-19)13-9-22-10-18-13/h1-4,9H,5-8H2. The van der Waals surface area contributed by atoms with Crippen LogP contribution in [0.5, 0.6) is 5.75 Å². The number of aromatic nitrogens is 1. The van der Waals surface area contributed by atoms with Crippen molar-refractivity contribution in [1.82, 2.24) is 4.98 Å². The fourth-order valence-electron chi connectivity index (χ4n) is 2.38. The molecule has 2 aromatic rings. The Morgan fingerprint density at radius 1 is 1.05 bits per heavy atom. The summed E-state index contributed by atoms with van der Waals surface area (Å²) in [5, 5.41) is 1.96. The molecule has 0 aliphatic carbocycles. The van der Waals surface area contributed by atoms with E-state index in [0.717, 1.165) is 37.7 Å². The zero-order chi connectivity index (χ0) is 15.6. The molecule has 1 saturated heterocycles. The van der Waals surface area contributed by atoms with E-state index in [1.165, 1.54) is 23.5 Å². The predicted molar refractivity (Wildman–Crippen MR) is 78.5 cm³/mol. The zero-order valence-corrected chi connectivity index (χ0v) is 12.3. The summed E-state index contributed by atoms with van der Waals surface area (Å²) in [5.41, 5.74) is 3.71. The summed E-state index contributed by atoms with van der Waals surface area (Å²) in [4.78, 5) is 8.46. The van der Waals surface area contributed by atoms with Gasteiger partial charge in [-0.1, -0.05) is 0 Å². The van der Waals surface area contributed by atoms with Gasteiger partial charge in [0.25, 0.3) is 0 Å². The van der Waals surface area contributed by atoms with Crippen LogP contribution in [0.25, 0.3) is 0 Å². The monoisotopic (exact) mass is 328 g/mol. The van der Waals surface area contributed by atoms with Crippen LogP contribution in [0.15, 0.2) is 29.6 Å². The van der Waals surface area contributed by atoms with Gasteiger partial charge in [0.15, 0.2) is 5.51 Å². The lowest BCUT2D eigenvalue weighted by Gasteiger charge is -2.36. The maximum Gasteiger partial charge on any atom is 0.573 e. The molecule has 1 fully saturated rings. The van der Waals surface area contributed by atoms with Gasteiger partial charge in [-0.15, -0.1) is 24.5 Å². The largest absolute Gasteiger partial charge is 0.573 e. The number of nitrogens with zero attached hydrogens (tertiary/aromatic N) is 3. The minimum absolute atomic E-state index is 0.201. The molecule has 22 heavy (non-hydrogen) atoms. The third-order valence-electron chi connectivity index (χ3n) is 3.42. The minimum atomic E-state index is -4.66. The highest BCUT2D eigenvalue weighted by Gasteiger charge is 2.31. The topological polar surface area (TPSA) is 28.6 Å². The van der Waals surface area contributed by atoms with Crippen molar-refractivity contribution in [1.29, 1.82) is 0 Å². The van der Waals surface area contributed by atoms with Crippen molar-refractivity contribution in [3.05, 3.63) is 35.2 Å². The van der Waals surface area contributed by atoms with Crippen molar-refractivity contribution in [3.63, 3.8) is 0 Å². The SMILES string of the molecule is FC(F)(F)Oc1ccc(N2CCN(c3cs[c]n3)CC2)cc1. The van der Waals surface area contributed by atoms with Gasteiger partial charge in [-0.25, -0.2) is 4.98 Å². The molecule has 0 amide bonds. The lowest BCUT2D eigenvalue weighted by atomic mass is 10.2. The van der Waals surface area contributed by atoms with Crippen molar-refractivity contribution in [3.8, 4) is 5.75 Å². The molecule has 0 unspecified atom stereocenters. The van der Waals surface area contributed by atoms with Gasteiger partial charge in [0, 0.05) is 37.2 Å². The Balaban J connectivity index is 1.59. The molecule has 0 spiro atoms. The number of hydrogen-bond donors (Lipinski definition) is 0. The van der Waals surface area contributed by atoms with E-state index in [1.807, 2.05) is 5.38 Å². The second-order valence-electron chi connectivity index (χ2n) is 4.81. The van der Waals surface area contributed by atoms with Crippen LogP contribution in [-0.4, -0.2) is 37.5 Å². The van der Waals surface area contributed by atoms with Gasteiger partial charge in [0.05, 0.1) is 0 Å². The number of hydrogen-bond acceptors (Lipinski definition) is 5. The van der Waals surface area contributed by atoms with Crippen LogP contribution in [0.3, 0.4) is 0 Å². The molecule has 1 aromatic heterocycles. The number of thiazole rings is 1. The van der Waals surface area contributed by atoms with Crippen molar-refractivity contribution in [2.75, 3.05) is 36.0 Å².